The maximum Gasteiger partial charge on any atom is 0.232 e. The highest BCUT2D eigenvalue weighted by molar-refractivity contribution is 7.90. The van der Waals surface area contributed by atoms with Crippen molar-refractivity contribution < 1.29 is 17.5 Å². The van der Waals surface area contributed by atoms with Crippen LogP contribution in [0.15, 0.2) is 71.1 Å². The summed E-state index contributed by atoms with van der Waals surface area (Å²) in [6.07, 6.45) is 3.05. The monoisotopic (exact) mass is 436 g/mol. The Hall–Kier alpha value is -3.50. The number of sulfone groups is 1. The van der Waals surface area contributed by atoms with Gasteiger partial charge in [0.05, 0.1) is 10.6 Å². The lowest BCUT2D eigenvalue weighted by Crippen LogP contribution is -2.04. The standard InChI is InChI=1S/C24H21FN2O3S/c1-4-16(2)15-30-24-19(14-26)13-22(17-7-11-21(12-8-17)31(3,28)29)23(27-24)18-5-9-20(25)10-6-18/h4-13H,15H2,1-3H3/b16-4+. The molecule has 0 aliphatic heterocycles. The molecular formula is C24H21FN2O3S. The summed E-state index contributed by atoms with van der Waals surface area (Å²) in [5.41, 5.74) is 3.65. The Morgan fingerprint density at radius 1 is 1.13 bits per heavy atom. The van der Waals surface area contributed by atoms with Crippen molar-refractivity contribution in [1.82, 2.24) is 4.98 Å². The molecule has 0 saturated heterocycles. The van der Waals surface area contributed by atoms with Gasteiger partial charge in [0.25, 0.3) is 0 Å². The van der Waals surface area contributed by atoms with E-state index in [9.17, 15) is 18.1 Å². The van der Waals surface area contributed by atoms with E-state index in [0.717, 1.165) is 11.8 Å². The van der Waals surface area contributed by atoms with Crippen molar-refractivity contribution in [2.24, 2.45) is 0 Å². The highest BCUT2D eigenvalue weighted by atomic mass is 32.2. The van der Waals surface area contributed by atoms with Gasteiger partial charge >= 0.3 is 0 Å². The number of aromatic nitrogens is 1. The summed E-state index contributed by atoms with van der Waals surface area (Å²) in [5, 5.41) is 9.65. The molecule has 0 N–H and O–H groups in total. The van der Waals surface area contributed by atoms with E-state index in [1.54, 1.807) is 30.3 Å². The van der Waals surface area contributed by atoms with Crippen molar-refractivity contribution in [2.45, 2.75) is 18.7 Å². The second kappa shape index (κ2) is 9.11. The first kappa shape index (κ1) is 22.2. The lowest BCUT2D eigenvalue weighted by atomic mass is 9.98. The average Bonchev–Trinajstić information content (AvgIpc) is 2.77. The van der Waals surface area contributed by atoms with E-state index in [2.05, 4.69) is 11.1 Å². The Balaban J connectivity index is 2.19. The van der Waals surface area contributed by atoms with Gasteiger partial charge in [-0.3, -0.25) is 0 Å². The van der Waals surface area contributed by atoms with Gasteiger partial charge in [-0.25, -0.2) is 17.8 Å². The minimum absolute atomic E-state index is 0.180. The molecule has 0 amide bonds. The number of pyridine rings is 1. The van der Waals surface area contributed by atoms with Gasteiger partial charge in [0.2, 0.25) is 5.88 Å². The number of rotatable bonds is 6. The summed E-state index contributed by atoms with van der Waals surface area (Å²) in [5.74, 6) is -0.198. The quantitative estimate of drug-likeness (QED) is 0.498. The second-order valence-electron chi connectivity index (χ2n) is 7.08. The molecule has 3 rings (SSSR count). The topological polar surface area (TPSA) is 80.0 Å². The van der Waals surface area contributed by atoms with E-state index >= 15 is 0 Å². The summed E-state index contributed by atoms with van der Waals surface area (Å²) in [4.78, 5) is 4.77. The van der Waals surface area contributed by atoms with Crippen LogP contribution >= 0.6 is 0 Å². The maximum atomic E-state index is 13.5. The van der Waals surface area contributed by atoms with Gasteiger partial charge in [-0.05, 0) is 67.4 Å². The van der Waals surface area contributed by atoms with Crippen LogP contribution in [-0.2, 0) is 9.84 Å². The van der Waals surface area contributed by atoms with Crippen LogP contribution in [0.1, 0.15) is 19.4 Å². The normalized spacial score (nSPS) is 11.8. The van der Waals surface area contributed by atoms with Crippen LogP contribution in [0.4, 0.5) is 4.39 Å². The molecule has 0 bridgehead atoms. The van der Waals surface area contributed by atoms with E-state index in [0.29, 0.717) is 22.4 Å². The van der Waals surface area contributed by atoms with Gasteiger partial charge < -0.3 is 4.74 Å². The Kier molecular flexibility index (Phi) is 6.52. The highest BCUT2D eigenvalue weighted by Crippen LogP contribution is 2.35. The van der Waals surface area contributed by atoms with Gasteiger partial charge in [-0.15, -0.1) is 0 Å². The number of hydrogen-bond acceptors (Lipinski definition) is 5. The SMILES string of the molecule is C/C=C(\C)COc1nc(-c2ccc(F)cc2)c(-c2ccc(S(C)(=O)=O)cc2)cc1C#N. The average molecular weight is 437 g/mol. The van der Waals surface area contributed by atoms with E-state index in [-0.39, 0.29) is 28.8 Å². The molecule has 0 fully saturated rings. The largest absolute Gasteiger partial charge is 0.472 e. The molecule has 1 aromatic heterocycles. The van der Waals surface area contributed by atoms with Crippen LogP contribution in [0.2, 0.25) is 0 Å². The fraction of sp³-hybridized carbons (Fsp3) is 0.167. The van der Waals surface area contributed by atoms with E-state index < -0.39 is 9.84 Å². The predicted octanol–water partition coefficient (Wildman–Crippen LogP) is 5.17. The second-order valence-corrected chi connectivity index (χ2v) is 9.09. The fourth-order valence-electron chi connectivity index (χ4n) is 2.88. The highest BCUT2D eigenvalue weighted by Gasteiger charge is 2.17. The summed E-state index contributed by atoms with van der Waals surface area (Å²) in [6.45, 7) is 4.08. The van der Waals surface area contributed by atoms with Crippen LogP contribution in [-0.4, -0.2) is 26.3 Å². The first-order chi connectivity index (χ1) is 14.7. The van der Waals surface area contributed by atoms with Crippen LogP contribution < -0.4 is 4.74 Å². The van der Waals surface area contributed by atoms with Gasteiger partial charge in [-0.2, -0.15) is 5.26 Å². The summed E-state index contributed by atoms with van der Waals surface area (Å²) in [7, 11) is -3.34. The van der Waals surface area contributed by atoms with Gasteiger partial charge in [0, 0.05) is 17.4 Å². The summed E-state index contributed by atoms with van der Waals surface area (Å²) in [6, 6.07) is 15.9. The molecule has 0 atom stereocenters. The van der Waals surface area contributed by atoms with Crippen molar-refractivity contribution in [3.05, 3.63) is 77.6 Å². The first-order valence-corrected chi connectivity index (χ1v) is 11.4. The molecule has 0 aliphatic rings. The molecule has 2 aromatic carbocycles. The Labute approximate surface area is 181 Å². The summed E-state index contributed by atoms with van der Waals surface area (Å²) >= 11 is 0. The lowest BCUT2D eigenvalue weighted by Gasteiger charge is -2.14. The predicted molar refractivity (Wildman–Crippen MR) is 118 cm³/mol. The smallest absolute Gasteiger partial charge is 0.232 e. The first-order valence-electron chi connectivity index (χ1n) is 9.49. The molecule has 5 nitrogen and oxygen atoms in total. The third kappa shape index (κ3) is 5.16. The van der Waals surface area contributed by atoms with Crippen LogP contribution in [0.5, 0.6) is 5.88 Å². The number of benzene rings is 2. The number of allylic oxidation sites excluding steroid dienone is 1. The molecular weight excluding hydrogens is 415 g/mol. The lowest BCUT2D eigenvalue weighted by molar-refractivity contribution is 0.337. The fourth-order valence-corrected chi connectivity index (χ4v) is 3.51. The molecule has 1 heterocycles. The van der Waals surface area contributed by atoms with Crippen LogP contribution in [0.25, 0.3) is 22.4 Å². The Bertz CT molecular complexity index is 1270. The molecule has 0 saturated carbocycles. The molecule has 3 aromatic rings. The van der Waals surface area contributed by atoms with Crippen molar-refractivity contribution in [3.8, 4) is 34.3 Å². The minimum atomic E-state index is -3.34. The molecule has 158 valence electrons. The van der Waals surface area contributed by atoms with E-state index in [1.807, 2.05) is 19.9 Å². The van der Waals surface area contributed by atoms with Gasteiger partial charge in [0.1, 0.15) is 24.1 Å². The molecule has 0 spiro atoms. The molecule has 31 heavy (non-hydrogen) atoms. The maximum absolute atomic E-state index is 13.5. The third-order valence-electron chi connectivity index (χ3n) is 4.75. The Morgan fingerprint density at radius 3 is 2.29 bits per heavy atom. The van der Waals surface area contributed by atoms with Crippen molar-refractivity contribution >= 4 is 9.84 Å². The van der Waals surface area contributed by atoms with Crippen LogP contribution in [0.3, 0.4) is 0 Å². The molecule has 0 radical (unpaired) electrons. The zero-order valence-electron chi connectivity index (χ0n) is 17.4. The third-order valence-corrected chi connectivity index (χ3v) is 5.88. The van der Waals surface area contributed by atoms with Gasteiger partial charge in [0.15, 0.2) is 9.84 Å². The molecule has 7 heteroatoms. The number of hydrogen-bond donors (Lipinski definition) is 0. The van der Waals surface area contributed by atoms with Crippen molar-refractivity contribution in [1.29, 1.82) is 5.26 Å². The van der Waals surface area contributed by atoms with Gasteiger partial charge in [-0.1, -0.05) is 18.2 Å². The number of nitrogens with zero attached hydrogens (tertiary/aromatic N) is 2. The Morgan fingerprint density at radius 2 is 1.74 bits per heavy atom. The molecule has 0 unspecified atom stereocenters. The zero-order chi connectivity index (χ0) is 22.6. The molecule has 0 aliphatic carbocycles. The summed E-state index contributed by atoms with van der Waals surface area (Å²) < 4.78 is 42.8. The number of halogens is 1. The minimum Gasteiger partial charge on any atom is -0.472 e. The zero-order valence-corrected chi connectivity index (χ0v) is 18.2. The number of nitriles is 1. The number of ether oxygens (including phenoxy) is 1. The van der Waals surface area contributed by atoms with Crippen molar-refractivity contribution in [3.63, 3.8) is 0 Å². The van der Waals surface area contributed by atoms with Crippen LogP contribution in [0, 0.1) is 17.1 Å². The van der Waals surface area contributed by atoms with Crippen molar-refractivity contribution in [2.75, 3.05) is 12.9 Å². The van der Waals surface area contributed by atoms with E-state index in [1.165, 1.54) is 24.3 Å². The van der Waals surface area contributed by atoms with E-state index in [4.69, 9.17) is 4.74 Å².